The molecule has 0 fully saturated rings. The topological polar surface area (TPSA) is 39.1 Å². The zero-order chi connectivity index (χ0) is 14.0. The number of halogens is 2. The largest absolute Gasteiger partial charge is 0.496 e. The van der Waals surface area contributed by atoms with E-state index in [1.807, 2.05) is 18.7 Å². The number of imidazole rings is 1. The quantitative estimate of drug-likeness (QED) is 0.938. The van der Waals surface area contributed by atoms with Crippen LogP contribution in [0.1, 0.15) is 5.69 Å². The van der Waals surface area contributed by atoms with Gasteiger partial charge in [0.2, 0.25) is 0 Å². The molecule has 0 aliphatic heterocycles. The zero-order valence-electron chi connectivity index (χ0n) is 11.0. The third-order valence-electron chi connectivity index (χ3n) is 2.91. The van der Waals surface area contributed by atoms with Crippen molar-refractivity contribution in [3.05, 3.63) is 34.3 Å². The summed E-state index contributed by atoms with van der Waals surface area (Å²) in [5, 5.41) is 3.07. The Hall–Kier alpha value is -1.40. The minimum Gasteiger partial charge on any atom is -0.496 e. The van der Waals surface area contributed by atoms with Gasteiger partial charge in [0.25, 0.3) is 0 Å². The molecule has 4 nitrogen and oxygen atoms in total. The van der Waals surface area contributed by atoms with Gasteiger partial charge in [-0.1, -0.05) is 0 Å². The van der Waals surface area contributed by atoms with Gasteiger partial charge in [-0.3, -0.25) is 0 Å². The van der Waals surface area contributed by atoms with Crippen LogP contribution in [0, 0.1) is 5.82 Å². The Morgan fingerprint density at radius 1 is 1.47 bits per heavy atom. The number of benzene rings is 1. The fraction of sp³-hybridized carbons (Fsp3) is 0.308. The van der Waals surface area contributed by atoms with Crippen molar-refractivity contribution in [1.29, 1.82) is 0 Å². The Kier molecular flexibility index (Phi) is 4.21. The molecule has 0 radical (unpaired) electrons. The summed E-state index contributed by atoms with van der Waals surface area (Å²) in [6, 6.07) is 4.40. The molecule has 0 aliphatic rings. The highest BCUT2D eigenvalue weighted by Crippen LogP contribution is 2.32. The predicted octanol–water partition coefficient (Wildman–Crippen LogP) is 2.72. The Labute approximate surface area is 119 Å². The van der Waals surface area contributed by atoms with E-state index in [0.29, 0.717) is 23.7 Å². The third kappa shape index (κ3) is 2.64. The van der Waals surface area contributed by atoms with Crippen molar-refractivity contribution in [2.75, 3.05) is 14.2 Å². The van der Waals surface area contributed by atoms with Crippen molar-refractivity contribution in [2.45, 2.75) is 6.54 Å². The first-order valence-electron chi connectivity index (χ1n) is 5.78. The van der Waals surface area contributed by atoms with E-state index in [0.717, 1.165) is 10.3 Å². The maximum atomic E-state index is 13.4. The van der Waals surface area contributed by atoms with Crippen molar-refractivity contribution in [3.63, 3.8) is 0 Å². The maximum Gasteiger partial charge on any atom is 0.145 e. The molecule has 2 aromatic rings. The van der Waals surface area contributed by atoms with Gasteiger partial charge < -0.3 is 14.6 Å². The Morgan fingerprint density at radius 3 is 2.84 bits per heavy atom. The van der Waals surface area contributed by atoms with Crippen LogP contribution < -0.4 is 10.1 Å². The Balaban J connectivity index is 2.59. The van der Waals surface area contributed by atoms with Crippen LogP contribution in [0.3, 0.4) is 0 Å². The predicted molar refractivity (Wildman–Crippen MR) is 75.6 cm³/mol. The van der Waals surface area contributed by atoms with Gasteiger partial charge in [-0.15, -0.1) is 0 Å². The lowest BCUT2D eigenvalue weighted by Crippen LogP contribution is -2.10. The summed E-state index contributed by atoms with van der Waals surface area (Å²) in [6.07, 6.45) is 0. The second-order valence-electron chi connectivity index (χ2n) is 4.11. The molecule has 2 rings (SSSR count). The number of aromatic nitrogens is 2. The Morgan fingerprint density at radius 2 is 2.21 bits per heavy atom. The molecule has 0 spiro atoms. The van der Waals surface area contributed by atoms with Crippen molar-refractivity contribution < 1.29 is 9.13 Å². The van der Waals surface area contributed by atoms with Crippen molar-refractivity contribution in [2.24, 2.45) is 7.05 Å². The molecule has 1 aromatic heterocycles. The lowest BCUT2D eigenvalue weighted by molar-refractivity contribution is 0.415. The average molecular weight is 328 g/mol. The second kappa shape index (κ2) is 5.71. The zero-order valence-corrected chi connectivity index (χ0v) is 12.6. The van der Waals surface area contributed by atoms with Gasteiger partial charge in [-0.05, 0) is 41.2 Å². The molecule has 0 atom stereocenters. The first-order valence-corrected chi connectivity index (χ1v) is 6.57. The fourth-order valence-corrected chi connectivity index (χ4v) is 2.53. The molecule has 1 N–H and O–H groups in total. The van der Waals surface area contributed by atoms with Crippen LogP contribution >= 0.6 is 15.9 Å². The van der Waals surface area contributed by atoms with Crippen molar-refractivity contribution in [3.8, 4) is 17.1 Å². The molecule has 0 saturated carbocycles. The van der Waals surface area contributed by atoms with Crippen molar-refractivity contribution >= 4 is 15.9 Å². The number of nitrogens with one attached hydrogen (secondary N) is 1. The van der Waals surface area contributed by atoms with Crippen LogP contribution in [0.25, 0.3) is 11.4 Å². The van der Waals surface area contributed by atoms with Gasteiger partial charge in [-0.2, -0.15) is 0 Å². The van der Waals surface area contributed by atoms with E-state index in [1.54, 1.807) is 13.2 Å². The Bertz CT molecular complexity index is 598. The first kappa shape index (κ1) is 14.0. The van der Waals surface area contributed by atoms with Crippen LogP contribution in [0.4, 0.5) is 4.39 Å². The average Bonchev–Trinajstić information content (AvgIpc) is 2.67. The van der Waals surface area contributed by atoms with E-state index in [9.17, 15) is 4.39 Å². The van der Waals surface area contributed by atoms with Crippen LogP contribution in [-0.4, -0.2) is 23.7 Å². The van der Waals surface area contributed by atoms with E-state index in [-0.39, 0.29) is 5.82 Å². The minimum atomic E-state index is -0.315. The van der Waals surface area contributed by atoms with Gasteiger partial charge in [0.15, 0.2) is 0 Å². The molecule has 102 valence electrons. The number of methoxy groups -OCH3 is 1. The van der Waals surface area contributed by atoms with Crippen LogP contribution in [0.2, 0.25) is 0 Å². The lowest BCUT2D eigenvalue weighted by atomic mass is 10.2. The van der Waals surface area contributed by atoms with Crippen LogP contribution in [-0.2, 0) is 13.6 Å². The van der Waals surface area contributed by atoms with Crippen LogP contribution in [0.15, 0.2) is 22.8 Å². The summed E-state index contributed by atoms with van der Waals surface area (Å²) >= 11 is 3.42. The summed E-state index contributed by atoms with van der Waals surface area (Å²) in [6.45, 7) is 0.668. The molecule has 0 unspecified atom stereocenters. The molecule has 1 aromatic carbocycles. The van der Waals surface area contributed by atoms with Crippen LogP contribution in [0.5, 0.6) is 5.75 Å². The molecule has 0 saturated heterocycles. The maximum absolute atomic E-state index is 13.4. The second-order valence-corrected chi connectivity index (χ2v) is 4.86. The summed E-state index contributed by atoms with van der Waals surface area (Å²) < 4.78 is 21.4. The highest BCUT2D eigenvalue weighted by Gasteiger charge is 2.17. The molecule has 0 amide bonds. The van der Waals surface area contributed by atoms with Gasteiger partial charge in [0.05, 0.1) is 18.4 Å². The number of ether oxygens (including phenoxy) is 1. The standard InChI is InChI=1S/C13H15BrFN3O/c1-16-7-10-12(14)17-13(18(10)2)9-6-8(15)4-5-11(9)19-3/h4-6,16H,7H2,1-3H3. The summed E-state index contributed by atoms with van der Waals surface area (Å²) in [5.74, 6) is 0.941. The first-order chi connectivity index (χ1) is 9.08. The summed E-state index contributed by atoms with van der Waals surface area (Å²) in [5.41, 5.74) is 1.62. The summed E-state index contributed by atoms with van der Waals surface area (Å²) in [7, 11) is 5.31. The number of rotatable bonds is 4. The minimum absolute atomic E-state index is 0.315. The normalized spacial score (nSPS) is 10.8. The molecule has 6 heteroatoms. The highest BCUT2D eigenvalue weighted by atomic mass is 79.9. The SMILES string of the molecule is CNCc1c(Br)nc(-c2cc(F)ccc2OC)n1C. The van der Waals surface area contributed by atoms with Gasteiger partial charge in [-0.25, -0.2) is 9.37 Å². The van der Waals surface area contributed by atoms with E-state index < -0.39 is 0 Å². The third-order valence-corrected chi connectivity index (χ3v) is 3.55. The van der Waals surface area contributed by atoms with E-state index >= 15 is 0 Å². The lowest BCUT2D eigenvalue weighted by Gasteiger charge is -2.09. The fourth-order valence-electron chi connectivity index (χ4n) is 1.95. The number of nitrogens with zero attached hydrogens (tertiary/aromatic N) is 2. The van der Waals surface area contributed by atoms with E-state index in [2.05, 4.69) is 26.2 Å². The van der Waals surface area contributed by atoms with E-state index in [4.69, 9.17) is 4.74 Å². The van der Waals surface area contributed by atoms with Gasteiger partial charge in [0.1, 0.15) is 22.0 Å². The van der Waals surface area contributed by atoms with Crippen molar-refractivity contribution in [1.82, 2.24) is 14.9 Å². The van der Waals surface area contributed by atoms with Gasteiger partial charge in [0, 0.05) is 13.6 Å². The molecular formula is C13H15BrFN3O. The smallest absolute Gasteiger partial charge is 0.145 e. The number of hydrogen-bond acceptors (Lipinski definition) is 3. The molecular weight excluding hydrogens is 313 g/mol. The summed E-state index contributed by atoms with van der Waals surface area (Å²) in [4.78, 5) is 4.44. The van der Waals surface area contributed by atoms with E-state index in [1.165, 1.54) is 12.1 Å². The molecule has 0 bridgehead atoms. The molecule has 0 aliphatic carbocycles. The monoisotopic (exact) mass is 327 g/mol. The molecule has 19 heavy (non-hydrogen) atoms. The number of hydrogen-bond donors (Lipinski definition) is 1. The highest BCUT2D eigenvalue weighted by molar-refractivity contribution is 9.10. The van der Waals surface area contributed by atoms with Gasteiger partial charge >= 0.3 is 0 Å². The molecule has 1 heterocycles.